The fourth-order valence-electron chi connectivity index (χ4n) is 2.40. The third-order valence-electron chi connectivity index (χ3n) is 3.47. The number of fused-ring (bicyclic) bond motifs is 1. The molecule has 0 amide bonds. The van der Waals surface area contributed by atoms with Gasteiger partial charge in [0, 0.05) is 12.6 Å². The Hall–Kier alpha value is -1.03. The average molecular weight is 247 g/mol. The van der Waals surface area contributed by atoms with Crippen molar-refractivity contribution in [3.8, 4) is 0 Å². The van der Waals surface area contributed by atoms with Crippen molar-refractivity contribution in [1.29, 1.82) is 0 Å². The Balaban J connectivity index is 1.83. The summed E-state index contributed by atoms with van der Waals surface area (Å²) < 4.78 is 0. The van der Waals surface area contributed by atoms with Crippen LogP contribution in [0.1, 0.15) is 24.2 Å². The maximum Gasteiger partial charge on any atom is 0.177 e. The van der Waals surface area contributed by atoms with E-state index in [0.717, 1.165) is 29.3 Å². The highest BCUT2D eigenvalue weighted by Crippen LogP contribution is 2.25. The quantitative estimate of drug-likeness (QED) is 0.887. The Labute approximate surface area is 105 Å². The van der Waals surface area contributed by atoms with Crippen LogP contribution in [0.5, 0.6) is 0 Å². The van der Waals surface area contributed by atoms with Crippen LogP contribution in [-0.4, -0.2) is 26.5 Å². The highest BCUT2D eigenvalue weighted by atomic mass is 32.2. The summed E-state index contributed by atoms with van der Waals surface area (Å²) in [4.78, 5) is 12.3. The van der Waals surface area contributed by atoms with Crippen LogP contribution < -0.4 is 0 Å². The van der Waals surface area contributed by atoms with Crippen LogP contribution in [0.15, 0.2) is 12.3 Å². The Morgan fingerprint density at radius 1 is 1.41 bits per heavy atom. The lowest BCUT2D eigenvalue weighted by atomic mass is 9.99. The van der Waals surface area contributed by atoms with E-state index in [4.69, 9.17) is 0 Å². The van der Waals surface area contributed by atoms with E-state index >= 15 is 0 Å². The zero-order valence-corrected chi connectivity index (χ0v) is 10.9. The number of pyridine rings is 1. The molecular weight excluding hydrogens is 230 g/mol. The summed E-state index contributed by atoms with van der Waals surface area (Å²) in [6.45, 7) is 2.10. The summed E-state index contributed by atoms with van der Waals surface area (Å²) in [5, 5.41) is 0. The van der Waals surface area contributed by atoms with Crippen LogP contribution in [0.25, 0.3) is 11.2 Å². The second kappa shape index (κ2) is 4.69. The van der Waals surface area contributed by atoms with Gasteiger partial charge in [-0.25, -0.2) is 9.97 Å². The molecule has 1 saturated heterocycles. The largest absolute Gasteiger partial charge is 0.340 e. The second-order valence-electron chi connectivity index (χ2n) is 4.77. The standard InChI is InChI=1S/C13H17N3S/c1-9-2-5-14-13-12(9)15-11(16-13)8-10-3-6-17-7-4-10/h2,5,10H,3-4,6-8H2,1H3,(H,14,15,16). The number of rotatable bonds is 2. The lowest BCUT2D eigenvalue weighted by Crippen LogP contribution is -2.12. The van der Waals surface area contributed by atoms with Crippen LogP contribution in [0.4, 0.5) is 0 Å². The first-order valence-corrected chi connectivity index (χ1v) is 7.36. The fraction of sp³-hybridized carbons (Fsp3) is 0.538. The summed E-state index contributed by atoms with van der Waals surface area (Å²) in [5.41, 5.74) is 3.20. The second-order valence-corrected chi connectivity index (χ2v) is 5.99. The molecule has 0 aromatic carbocycles. The van der Waals surface area contributed by atoms with E-state index in [1.165, 1.54) is 29.9 Å². The topological polar surface area (TPSA) is 41.6 Å². The van der Waals surface area contributed by atoms with Crippen LogP contribution in [0.2, 0.25) is 0 Å². The number of imidazole rings is 1. The van der Waals surface area contributed by atoms with Gasteiger partial charge in [0.05, 0.1) is 5.52 Å². The molecule has 0 atom stereocenters. The van der Waals surface area contributed by atoms with Gasteiger partial charge in [0.1, 0.15) is 5.82 Å². The molecule has 0 aliphatic carbocycles. The molecule has 1 aliphatic heterocycles. The van der Waals surface area contributed by atoms with Crippen molar-refractivity contribution in [1.82, 2.24) is 15.0 Å². The smallest absolute Gasteiger partial charge is 0.177 e. The molecule has 2 aromatic rings. The number of nitrogens with zero attached hydrogens (tertiary/aromatic N) is 2. The molecule has 3 nitrogen and oxygen atoms in total. The number of hydrogen-bond acceptors (Lipinski definition) is 3. The molecule has 0 spiro atoms. The maximum atomic E-state index is 4.59. The summed E-state index contributed by atoms with van der Waals surface area (Å²) in [7, 11) is 0. The van der Waals surface area contributed by atoms with Gasteiger partial charge in [0.2, 0.25) is 0 Å². The van der Waals surface area contributed by atoms with Gasteiger partial charge in [-0.3, -0.25) is 0 Å². The molecule has 3 rings (SSSR count). The monoisotopic (exact) mass is 247 g/mol. The average Bonchev–Trinajstić information content (AvgIpc) is 2.74. The minimum Gasteiger partial charge on any atom is -0.340 e. The van der Waals surface area contributed by atoms with E-state index in [9.17, 15) is 0 Å². The zero-order valence-electron chi connectivity index (χ0n) is 10.1. The molecule has 2 aromatic heterocycles. The number of aromatic nitrogens is 3. The number of aryl methyl sites for hydroxylation is 1. The number of hydrogen-bond donors (Lipinski definition) is 1. The van der Waals surface area contributed by atoms with Crippen molar-refractivity contribution in [2.45, 2.75) is 26.2 Å². The van der Waals surface area contributed by atoms with E-state index in [-0.39, 0.29) is 0 Å². The molecule has 3 heterocycles. The lowest BCUT2D eigenvalue weighted by Gasteiger charge is -2.19. The van der Waals surface area contributed by atoms with Crippen molar-refractivity contribution in [3.05, 3.63) is 23.7 Å². The SMILES string of the molecule is Cc1ccnc2nc(CC3CCSCC3)[nH]c12. The van der Waals surface area contributed by atoms with Crippen molar-refractivity contribution in [2.75, 3.05) is 11.5 Å². The molecule has 0 unspecified atom stereocenters. The predicted molar refractivity (Wildman–Crippen MR) is 72.4 cm³/mol. The summed E-state index contributed by atoms with van der Waals surface area (Å²) >= 11 is 2.07. The van der Waals surface area contributed by atoms with Crippen molar-refractivity contribution >= 4 is 22.9 Å². The molecule has 4 heteroatoms. The van der Waals surface area contributed by atoms with Crippen LogP contribution >= 0.6 is 11.8 Å². The number of H-pyrrole nitrogens is 1. The highest BCUT2D eigenvalue weighted by molar-refractivity contribution is 7.99. The van der Waals surface area contributed by atoms with E-state index in [2.05, 4.69) is 33.6 Å². The van der Waals surface area contributed by atoms with Crippen LogP contribution in [0.3, 0.4) is 0 Å². The number of nitrogens with one attached hydrogen (secondary N) is 1. The molecule has 1 N–H and O–H groups in total. The summed E-state index contributed by atoms with van der Waals surface area (Å²) in [6, 6.07) is 2.03. The number of aromatic amines is 1. The Morgan fingerprint density at radius 3 is 3.00 bits per heavy atom. The predicted octanol–water partition coefficient (Wildman–Crippen LogP) is 2.95. The van der Waals surface area contributed by atoms with Gasteiger partial charge < -0.3 is 4.98 Å². The fourth-order valence-corrected chi connectivity index (χ4v) is 3.61. The van der Waals surface area contributed by atoms with E-state index in [1.54, 1.807) is 0 Å². The minimum absolute atomic E-state index is 0.803. The molecule has 0 radical (unpaired) electrons. The molecule has 17 heavy (non-hydrogen) atoms. The van der Waals surface area contributed by atoms with Gasteiger partial charge in [-0.2, -0.15) is 11.8 Å². The zero-order chi connectivity index (χ0) is 11.7. The Morgan fingerprint density at radius 2 is 2.24 bits per heavy atom. The van der Waals surface area contributed by atoms with E-state index < -0.39 is 0 Å². The molecule has 1 fully saturated rings. The van der Waals surface area contributed by atoms with Gasteiger partial charge in [0.25, 0.3) is 0 Å². The normalized spacial score (nSPS) is 17.7. The van der Waals surface area contributed by atoms with Crippen molar-refractivity contribution in [3.63, 3.8) is 0 Å². The van der Waals surface area contributed by atoms with Crippen LogP contribution in [-0.2, 0) is 6.42 Å². The Bertz CT molecular complexity index is 514. The van der Waals surface area contributed by atoms with Gasteiger partial charge in [-0.15, -0.1) is 0 Å². The molecular formula is C13H17N3S. The molecule has 90 valence electrons. The summed E-state index contributed by atoms with van der Waals surface area (Å²) in [6.07, 6.45) is 5.57. The maximum absolute atomic E-state index is 4.59. The summed E-state index contributed by atoms with van der Waals surface area (Å²) in [5.74, 6) is 4.53. The lowest BCUT2D eigenvalue weighted by molar-refractivity contribution is 0.478. The van der Waals surface area contributed by atoms with Crippen molar-refractivity contribution in [2.24, 2.45) is 5.92 Å². The molecule has 0 bridgehead atoms. The van der Waals surface area contributed by atoms with Crippen LogP contribution in [0, 0.1) is 12.8 Å². The van der Waals surface area contributed by atoms with E-state index in [1.807, 2.05) is 12.3 Å². The first kappa shape index (κ1) is 11.1. The third-order valence-corrected chi connectivity index (χ3v) is 4.52. The van der Waals surface area contributed by atoms with Gasteiger partial charge in [-0.05, 0) is 48.8 Å². The molecule has 0 saturated carbocycles. The van der Waals surface area contributed by atoms with Gasteiger partial charge >= 0.3 is 0 Å². The van der Waals surface area contributed by atoms with Gasteiger partial charge in [0.15, 0.2) is 5.65 Å². The Kier molecular flexibility index (Phi) is 3.05. The first-order valence-electron chi connectivity index (χ1n) is 6.21. The van der Waals surface area contributed by atoms with Crippen molar-refractivity contribution < 1.29 is 0 Å². The third kappa shape index (κ3) is 2.32. The number of thioether (sulfide) groups is 1. The molecule has 1 aliphatic rings. The first-order chi connectivity index (χ1) is 8.33. The highest BCUT2D eigenvalue weighted by Gasteiger charge is 2.16. The van der Waals surface area contributed by atoms with Gasteiger partial charge in [-0.1, -0.05) is 0 Å². The minimum atomic E-state index is 0.803. The van der Waals surface area contributed by atoms with E-state index in [0.29, 0.717) is 0 Å².